The first-order chi connectivity index (χ1) is 8.16. The van der Waals surface area contributed by atoms with Crippen LogP contribution in [0.25, 0.3) is 0 Å². The summed E-state index contributed by atoms with van der Waals surface area (Å²) in [5, 5.41) is 11.2. The number of nitrogens with zero attached hydrogens (tertiary/aromatic N) is 1. The third-order valence-corrected chi connectivity index (χ3v) is 2.62. The third kappa shape index (κ3) is 3.80. The lowest BCUT2D eigenvalue weighted by Gasteiger charge is -2.08. The van der Waals surface area contributed by atoms with Crippen molar-refractivity contribution in [1.82, 2.24) is 5.32 Å². The van der Waals surface area contributed by atoms with Gasteiger partial charge in [-0.2, -0.15) is 5.26 Å². The molecule has 0 unspecified atom stereocenters. The average Bonchev–Trinajstić information content (AvgIpc) is 2.32. The first kappa shape index (κ1) is 13.0. The van der Waals surface area contributed by atoms with Gasteiger partial charge in [0.2, 0.25) is 0 Å². The zero-order chi connectivity index (χ0) is 12.7. The summed E-state index contributed by atoms with van der Waals surface area (Å²) in [4.78, 5) is 11.8. The number of hydrogen-bond acceptors (Lipinski definition) is 3. The number of nitrogen functional groups attached to an aromatic ring is 1. The molecule has 0 saturated heterocycles. The average molecular weight is 231 g/mol. The molecule has 0 bridgehead atoms. The van der Waals surface area contributed by atoms with E-state index in [9.17, 15) is 4.79 Å². The lowest BCUT2D eigenvalue weighted by Crippen LogP contribution is -2.25. The van der Waals surface area contributed by atoms with Gasteiger partial charge in [-0.3, -0.25) is 4.79 Å². The van der Waals surface area contributed by atoms with Crippen LogP contribution in [0, 0.1) is 18.3 Å². The largest absolute Gasteiger partial charge is 0.398 e. The van der Waals surface area contributed by atoms with Gasteiger partial charge >= 0.3 is 0 Å². The number of nitriles is 1. The summed E-state index contributed by atoms with van der Waals surface area (Å²) in [6.07, 6.45) is 2.17. The Labute approximate surface area is 101 Å². The lowest BCUT2D eigenvalue weighted by molar-refractivity contribution is 0.0952. The SMILES string of the molecule is Cc1c(N)cccc1C(=O)NCCCCC#N. The van der Waals surface area contributed by atoms with Crippen molar-refractivity contribution in [2.24, 2.45) is 0 Å². The fraction of sp³-hybridized carbons (Fsp3) is 0.385. The van der Waals surface area contributed by atoms with E-state index in [2.05, 4.69) is 11.4 Å². The second-order valence-corrected chi connectivity index (χ2v) is 3.89. The Morgan fingerprint density at radius 2 is 2.24 bits per heavy atom. The zero-order valence-corrected chi connectivity index (χ0v) is 9.99. The number of amides is 1. The van der Waals surface area contributed by atoms with Crippen LogP contribution < -0.4 is 11.1 Å². The molecule has 0 radical (unpaired) electrons. The number of hydrogen-bond donors (Lipinski definition) is 2. The van der Waals surface area contributed by atoms with Gasteiger partial charge < -0.3 is 11.1 Å². The van der Waals surface area contributed by atoms with Crippen LogP contribution in [0.3, 0.4) is 0 Å². The van der Waals surface area contributed by atoms with Crippen LogP contribution in [0.4, 0.5) is 5.69 Å². The van der Waals surface area contributed by atoms with E-state index in [1.807, 2.05) is 6.92 Å². The lowest BCUT2D eigenvalue weighted by atomic mass is 10.1. The Balaban J connectivity index is 2.48. The van der Waals surface area contributed by atoms with Gasteiger partial charge in [-0.05, 0) is 37.5 Å². The molecular weight excluding hydrogens is 214 g/mol. The molecule has 0 atom stereocenters. The number of rotatable bonds is 5. The molecular formula is C13H17N3O. The summed E-state index contributed by atoms with van der Waals surface area (Å²) < 4.78 is 0. The minimum atomic E-state index is -0.105. The van der Waals surface area contributed by atoms with Gasteiger partial charge in [0, 0.05) is 24.2 Å². The van der Waals surface area contributed by atoms with Gasteiger partial charge in [0.05, 0.1) is 6.07 Å². The van der Waals surface area contributed by atoms with Crippen molar-refractivity contribution in [3.8, 4) is 6.07 Å². The summed E-state index contributed by atoms with van der Waals surface area (Å²) in [5.74, 6) is -0.105. The number of unbranched alkanes of at least 4 members (excludes halogenated alkanes) is 2. The Morgan fingerprint density at radius 1 is 1.47 bits per heavy atom. The highest BCUT2D eigenvalue weighted by molar-refractivity contribution is 5.96. The minimum Gasteiger partial charge on any atom is -0.398 e. The Morgan fingerprint density at radius 3 is 2.94 bits per heavy atom. The van der Waals surface area contributed by atoms with Crippen molar-refractivity contribution in [2.45, 2.75) is 26.2 Å². The molecule has 0 heterocycles. The summed E-state index contributed by atoms with van der Waals surface area (Å²) >= 11 is 0. The van der Waals surface area contributed by atoms with E-state index >= 15 is 0 Å². The first-order valence-electron chi connectivity index (χ1n) is 5.67. The van der Waals surface area contributed by atoms with Crippen molar-refractivity contribution in [2.75, 3.05) is 12.3 Å². The van der Waals surface area contributed by atoms with Gasteiger partial charge in [0.25, 0.3) is 5.91 Å². The molecule has 0 aromatic heterocycles. The van der Waals surface area contributed by atoms with Gasteiger partial charge in [-0.15, -0.1) is 0 Å². The quantitative estimate of drug-likeness (QED) is 0.601. The molecule has 1 aromatic carbocycles. The highest BCUT2D eigenvalue weighted by Crippen LogP contribution is 2.15. The van der Waals surface area contributed by atoms with Crippen molar-refractivity contribution >= 4 is 11.6 Å². The van der Waals surface area contributed by atoms with Gasteiger partial charge in [0.1, 0.15) is 0 Å². The van der Waals surface area contributed by atoms with E-state index in [1.54, 1.807) is 18.2 Å². The number of nitrogens with two attached hydrogens (primary N) is 1. The predicted octanol–water partition coefficient (Wildman–Crippen LogP) is 2.00. The minimum absolute atomic E-state index is 0.105. The van der Waals surface area contributed by atoms with E-state index in [0.717, 1.165) is 18.4 Å². The molecule has 1 aromatic rings. The maximum atomic E-state index is 11.8. The van der Waals surface area contributed by atoms with Crippen molar-refractivity contribution < 1.29 is 4.79 Å². The Hall–Kier alpha value is -2.02. The molecule has 1 rings (SSSR count). The molecule has 1 amide bonds. The number of carbonyl (C=O) groups is 1. The smallest absolute Gasteiger partial charge is 0.251 e. The molecule has 4 nitrogen and oxygen atoms in total. The van der Waals surface area contributed by atoms with Gasteiger partial charge in [-0.25, -0.2) is 0 Å². The summed E-state index contributed by atoms with van der Waals surface area (Å²) in [6, 6.07) is 7.38. The molecule has 4 heteroatoms. The second-order valence-electron chi connectivity index (χ2n) is 3.89. The predicted molar refractivity (Wildman–Crippen MR) is 67.4 cm³/mol. The van der Waals surface area contributed by atoms with Crippen molar-refractivity contribution in [1.29, 1.82) is 5.26 Å². The summed E-state index contributed by atoms with van der Waals surface area (Å²) in [5.41, 5.74) is 7.79. The Bertz CT molecular complexity index is 435. The molecule has 0 aliphatic heterocycles. The molecule has 0 spiro atoms. The summed E-state index contributed by atoms with van der Waals surface area (Å²) in [6.45, 7) is 2.43. The van der Waals surface area contributed by atoms with Crippen LogP contribution in [0.5, 0.6) is 0 Å². The van der Waals surface area contributed by atoms with Crippen LogP contribution in [0.2, 0.25) is 0 Å². The van der Waals surface area contributed by atoms with Crippen LogP contribution in [0.15, 0.2) is 18.2 Å². The van der Waals surface area contributed by atoms with Gasteiger partial charge in [0.15, 0.2) is 0 Å². The number of anilines is 1. The zero-order valence-electron chi connectivity index (χ0n) is 9.99. The Kier molecular flexibility index (Phi) is 5.02. The maximum Gasteiger partial charge on any atom is 0.251 e. The topological polar surface area (TPSA) is 78.9 Å². The molecule has 17 heavy (non-hydrogen) atoms. The highest BCUT2D eigenvalue weighted by atomic mass is 16.1. The van der Waals surface area contributed by atoms with E-state index in [4.69, 9.17) is 11.0 Å². The second kappa shape index (κ2) is 6.54. The molecule has 3 N–H and O–H groups in total. The first-order valence-corrected chi connectivity index (χ1v) is 5.67. The highest BCUT2D eigenvalue weighted by Gasteiger charge is 2.09. The van der Waals surface area contributed by atoms with Gasteiger partial charge in [-0.1, -0.05) is 6.07 Å². The van der Waals surface area contributed by atoms with Crippen LogP contribution in [-0.4, -0.2) is 12.5 Å². The summed E-state index contributed by atoms with van der Waals surface area (Å²) in [7, 11) is 0. The molecule has 0 aliphatic rings. The van der Waals surface area contributed by atoms with E-state index in [1.165, 1.54) is 0 Å². The van der Waals surface area contributed by atoms with Crippen molar-refractivity contribution in [3.05, 3.63) is 29.3 Å². The number of nitrogens with one attached hydrogen (secondary N) is 1. The molecule has 0 saturated carbocycles. The van der Waals surface area contributed by atoms with E-state index in [-0.39, 0.29) is 5.91 Å². The third-order valence-electron chi connectivity index (χ3n) is 2.62. The molecule has 90 valence electrons. The van der Waals surface area contributed by atoms with Crippen LogP contribution in [0.1, 0.15) is 35.2 Å². The molecule has 0 aliphatic carbocycles. The standard InChI is InChI=1S/C13H17N3O/c1-10-11(6-5-7-12(10)15)13(17)16-9-4-2-3-8-14/h5-7H,2-4,9,15H2,1H3,(H,16,17). The number of carbonyl (C=O) groups excluding carboxylic acids is 1. The van der Waals surface area contributed by atoms with Crippen molar-refractivity contribution in [3.63, 3.8) is 0 Å². The maximum absolute atomic E-state index is 11.8. The monoisotopic (exact) mass is 231 g/mol. The normalized spacial score (nSPS) is 9.65. The van der Waals surface area contributed by atoms with E-state index < -0.39 is 0 Å². The fourth-order valence-corrected chi connectivity index (χ4v) is 1.53. The fourth-order valence-electron chi connectivity index (χ4n) is 1.53. The van der Waals surface area contributed by atoms with Crippen LogP contribution >= 0.6 is 0 Å². The van der Waals surface area contributed by atoms with E-state index in [0.29, 0.717) is 24.2 Å². The molecule has 0 fully saturated rings. The van der Waals surface area contributed by atoms with Crippen LogP contribution in [-0.2, 0) is 0 Å². The number of benzene rings is 1.